The fourth-order valence-electron chi connectivity index (χ4n) is 3.36. The first kappa shape index (κ1) is 23.2. The molecule has 3 aromatic rings. The number of H-pyrrole nitrogens is 1. The molecule has 1 aromatic carbocycles. The van der Waals surface area contributed by atoms with E-state index in [1.165, 1.54) is 14.1 Å². The SMILES string of the molecule is CN(C)S(=O)(=O)Nc1ccc(NCCCN2CCOCC2)nc1Nc1ccc2n[nH]nc2c1. The summed E-state index contributed by atoms with van der Waals surface area (Å²) >= 11 is 0. The average molecular weight is 476 g/mol. The number of hydrogen-bond donors (Lipinski definition) is 4. The van der Waals surface area contributed by atoms with Crippen LogP contribution in [0.25, 0.3) is 11.0 Å². The molecule has 0 radical (unpaired) electrons. The van der Waals surface area contributed by atoms with Crippen LogP contribution in [0.4, 0.5) is 23.0 Å². The number of nitrogens with zero attached hydrogens (tertiary/aromatic N) is 5. The molecule has 1 fully saturated rings. The van der Waals surface area contributed by atoms with Gasteiger partial charge in [-0.05, 0) is 43.3 Å². The van der Waals surface area contributed by atoms with Crippen LogP contribution in [-0.4, -0.2) is 91.5 Å². The Hall–Kier alpha value is -3.00. The van der Waals surface area contributed by atoms with Crippen LogP contribution in [0.2, 0.25) is 0 Å². The van der Waals surface area contributed by atoms with E-state index in [9.17, 15) is 8.42 Å². The number of pyridine rings is 1. The molecular formula is C20H29N9O3S. The Labute approximate surface area is 192 Å². The van der Waals surface area contributed by atoms with Gasteiger partial charge < -0.3 is 15.4 Å². The number of fused-ring (bicyclic) bond motifs is 1. The number of aromatic nitrogens is 4. The molecule has 2 aromatic heterocycles. The van der Waals surface area contributed by atoms with Crippen LogP contribution in [0.5, 0.6) is 0 Å². The first-order valence-corrected chi connectivity index (χ1v) is 12.2. The van der Waals surface area contributed by atoms with Crippen LogP contribution in [0.1, 0.15) is 6.42 Å². The molecule has 33 heavy (non-hydrogen) atoms. The molecule has 0 saturated carbocycles. The van der Waals surface area contributed by atoms with Crippen molar-refractivity contribution in [2.24, 2.45) is 0 Å². The molecule has 0 atom stereocenters. The van der Waals surface area contributed by atoms with Crippen molar-refractivity contribution in [1.29, 1.82) is 0 Å². The molecule has 4 N–H and O–H groups in total. The number of benzene rings is 1. The summed E-state index contributed by atoms with van der Waals surface area (Å²) in [6, 6.07) is 8.91. The van der Waals surface area contributed by atoms with Gasteiger partial charge in [0.25, 0.3) is 0 Å². The molecule has 3 heterocycles. The van der Waals surface area contributed by atoms with E-state index >= 15 is 0 Å². The Morgan fingerprint density at radius 1 is 1.12 bits per heavy atom. The Morgan fingerprint density at radius 3 is 2.70 bits per heavy atom. The van der Waals surface area contributed by atoms with Gasteiger partial charge in [0.05, 0.1) is 18.9 Å². The van der Waals surface area contributed by atoms with Crippen molar-refractivity contribution in [3.8, 4) is 0 Å². The van der Waals surface area contributed by atoms with Crippen LogP contribution < -0.4 is 15.4 Å². The molecule has 0 amide bonds. The molecule has 1 aliphatic rings. The lowest BCUT2D eigenvalue weighted by Gasteiger charge is -2.26. The third-order valence-corrected chi connectivity index (χ3v) is 6.69. The Balaban J connectivity index is 1.48. The summed E-state index contributed by atoms with van der Waals surface area (Å²) in [7, 11) is -0.770. The fraction of sp³-hybridized carbons (Fsp3) is 0.450. The highest BCUT2D eigenvalue weighted by molar-refractivity contribution is 7.90. The first-order chi connectivity index (χ1) is 15.9. The topological polar surface area (TPSA) is 140 Å². The molecule has 1 aliphatic heterocycles. The largest absolute Gasteiger partial charge is 0.379 e. The van der Waals surface area contributed by atoms with E-state index in [-0.39, 0.29) is 0 Å². The van der Waals surface area contributed by atoms with Gasteiger partial charge in [0.15, 0.2) is 5.82 Å². The van der Waals surface area contributed by atoms with Crippen molar-refractivity contribution < 1.29 is 13.2 Å². The summed E-state index contributed by atoms with van der Waals surface area (Å²) in [4.78, 5) is 7.00. The van der Waals surface area contributed by atoms with Crippen molar-refractivity contribution in [2.75, 3.05) is 68.8 Å². The van der Waals surface area contributed by atoms with Crippen molar-refractivity contribution in [1.82, 2.24) is 29.6 Å². The van der Waals surface area contributed by atoms with Gasteiger partial charge in [-0.3, -0.25) is 9.62 Å². The number of rotatable bonds is 10. The minimum absolute atomic E-state index is 0.336. The van der Waals surface area contributed by atoms with Gasteiger partial charge >= 0.3 is 10.2 Å². The lowest BCUT2D eigenvalue weighted by Crippen LogP contribution is -2.37. The van der Waals surface area contributed by atoms with E-state index in [1.807, 2.05) is 18.2 Å². The van der Waals surface area contributed by atoms with Gasteiger partial charge in [-0.25, -0.2) is 4.98 Å². The second-order valence-electron chi connectivity index (χ2n) is 7.87. The quantitative estimate of drug-likeness (QED) is 0.321. The van der Waals surface area contributed by atoms with Crippen LogP contribution >= 0.6 is 0 Å². The Morgan fingerprint density at radius 2 is 1.91 bits per heavy atom. The van der Waals surface area contributed by atoms with Gasteiger partial charge in [0.1, 0.15) is 16.9 Å². The molecule has 0 bridgehead atoms. The number of nitrogens with one attached hydrogen (secondary N) is 4. The standard InChI is InChI=1S/C20H29N9O3S/c1-28(2)33(30,31)26-17-6-7-19(21-8-3-9-29-10-12-32-13-11-29)23-20(17)22-15-4-5-16-18(14-15)25-27-24-16/h4-7,14,26H,3,8-13H2,1-2H3,(H2,21,22,23)(H,24,25,27). The smallest absolute Gasteiger partial charge is 0.301 e. The van der Waals surface area contributed by atoms with Crippen molar-refractivity contribution in [2.45, 2.75) is 6.42 Å². The zero-order chi connectivity index (χ0) is 23.3. The second-order valence-corrected chi connectivity index (χ2v) is 9.75. The molecule has 178 valence electrons. The fourth-order valence-corrected chi connectivity index (χ4v) is 3.99. The minimum Gasteiger partial charge on any atom is -0.379 e. The first-order valence-electron chi connectivity index (χ1n) is 10.7. The molecule has 0 spiro atoms. The van der Waals surface area contributed by atoms with Gasteiger partial charge in [0, 0.05) is 39.4 Å². The summed E-state index contributed by atoms with van der Waals surface area (Å²) in [5.41, 5.74) is 2.46. The molecular weight excluding hydrogens is 446 g/mol. The van der Waals surface area contributed by atoms with E-state index in [0.717, 1.165) is 55.6 Å². The van der Waals surface area contributed by atoms with Crippen LogP contribution in [0.15, 0.2) is 30.3 Å². The normalized spacial score (nSPS) is 15.1. The van der Waals surface area contributed by atoms with Crippen molar-refractivity contribution >= 4 is 44.3 Å². The van der Waals surface area contributed by atoms with Gasteiger partial charge in [0.2, 0.25) is 0 Å². The highest BCUT2D eigenvalue weighted by Gasteiger charge is 2.17. The summed E-state index contributed by atoms with van der Waals surface area (Å²) in [6.45, 7) is 5.23. The van der Waals surface area contributed by atoms with E-state index < -0.39 is 10.2 Å². The monoisotopic (exact) mass is 475 g/mol. The molecule has 4 rings (SSSR count). The Bertz CT molecular complexity index is 1180. The highest BCUT2D eigenvalue weighted by atomic mass is 32.2. The maximum Gasteiger partial charge on any atom is 0.301 e. The van der Waals surface area contributed by atoms with Gasteiger partial charge in [-0.1, -0.05) is 0 Å². The van der Waals surface area contributed by atoms with Crippen LogP contribution in [-0.2, 0) is 14.9 Å². The van der Waals surface area contributed by atoms with Crippen LogP contribution in [0.3, 0.4) is 0 Å². The van der Waals surface area contributed by atoms with E-state index in [0.29, 0.717) is 28.5 Å². The summed E-state index contributed by atoms with van der Waals surface area (Å²) in [5.74, 6) is 1.02. The predicted octanol–water partition coefficient (Wildman–Crippen LogP) is 1.45. The average Bonchev–Trinajstić information content (AvgIpc) is 3.27. The molecule has 1 saturated heterocycles. The number of anilines is 4. The van der Waals surface area contributed by atoms with Crippen molar-refractivity contribution in [3.05, 3.63) is 30.3 Å². The second kappa shape index (κ2) is 10.3. The number of aromatic amines is 1. The Kier molecular flexibility index (Phi) is 7.23. The molecule has 13 heteroatoms. The number of hydrogen-bond acceptors (Lipinski definition) is 9. The summed E-state index contributed by atoms with van der Waals surface area (Å²) in [6.07, 6.45) is 0.961. The minimum atomic E-state index is -3.70. The van der Waals surface area contributed by atoms with E-state index in [4.69, 9.17) is 4.74 Å². The van der Waals surface area contributed by atoms with Gasteiger partial charge in [-0.15, -0.1) is 0 Å². The number of morpholine rings is 1. The summed E-state index contributed by atoms with van der Waals surface area (Å²) < 4.78 is 33.9. The lowest BCUT2D eigenvalue weighted by molar-refractivity contribution is 0.0378. The maximum absolute atomic E-state index is 12.4. The molecule has 0 aliphatic carbocycles. The number of ether oxygens (including phenoxy) is 1. The zero-order valence-corrected chi connectivity index (χ0v) is 19.5. The molecule has 0 unspecified atom stereocenters. The van der Waals surface area contributed by atoms with Gasteiger partial charge in [-0.2, -0.15) is 28.1 Å². The van der Waals surface area contributed by atoms with Crippen LogP contribution in [0, 0.1) is 0 Å². The third-order valence-electron chi connectivity index (χ3n) is 5.25. The highest BCUT2D eigenvalue weighted by Crippen LogP contribution is 2.28. The van der Waals surface area contributed by atoms with Crippen molar-refractivity contribution in [3.63, 3.8) is 0 Å². The summed E-state index contributed by atoms with van der Waals surface area (Å²) in [5, 5.41) is 17.2. The van der Waals surface area contributed by atoms with E-state index in [2.05, 4.69) is 40.7 Å². The third kappa shape index (κ3) is 6.07. The van der Waals surface area contributed by atoms with E-state index in [1.54, 1.807) is 12.1 Å². The molecule has 12 nitrogen and oxygen atoms in total. The maximum atomic E-state index is 12.4. The predicted molar refractivity (Wildman–Crippen MR) is 128 cm³/mol. The zero-order valence-electron chi connectivity index (χ0n) is 18.7. The lowest BCUT2D eigenvalue weighted by atomic mass is 10.2.